The number of rotatable bonds is 4. The van der Waals surface area contributed by atoms with Crippen molar-refractivity contribution in [3.05, 3.63) is 0 Å². The Morgan fingerprint density at radius 2 is 1.83 bits per heavy atom. The number of ether oxygens (including phenoxy) is 2. The van der Waals surface area contributed by atoms with Crippen molar-refractivity contribution >= 4 is 23.9 Å². The molecular formula is C11H15NO6. The molecule has 0 bridgehead atoms. The summed E-state index contributed by atoms with van der Waals surface area (Å²) in [4.78, 5) is 45.6. The van der Waals surface area contributed by atoms with Crippen LogP contribution in [0.5, 0.6) is 0 Å². The molecule has 3 amide bonds. The molecule has 0 aliphatic carbocycles. The second-order valence-electron chi connectivity index (χ2n) is 3.94. The van der Waals surface area contributed by atoms with Gasteiger partial charge in [-0.1, -0.05) is 0 Å². The lowest BCUT2D eigenvalue weighted by Crippen LogP contribution is -2.35. The molecule has 18 heavy (non-hydrogen) atoms. The number of carbonyl (C=O) groups excluding carboxylic acids is 4. The van der Waals surface area contributed by atoms with E-state index in [-0.39, 0.29) is 25.7 Å². The van der Waals surface area contributed by atoms with Gasteiger partial charge in [-0.2, -0.15) is 0 Å². The first-order valence-electron chi connectivity index (χ1n) is 5.59. The minimum absolute atomic E-state index is 0.0321. The molecule has 1 saturated heterocycles. The van der Waals surface area contributed by atoms with Crippen molar-refractivity contribution in [2.75, 3.05) is 7.11 Å². The van der Waals surface area contributed by atoms with Gasteiger partial charge in [0.2, 0.25) is 17.7 Å². The molecule has 1 fully saturated rings. The van der Waals surface area contributed by atoms with Crippen LogP contribution >= 0.6 is 0 Å². The minimum atomic E-state index is -0.830. The summed E-state index contributed by atoms with van der Waals surface area (Å²) in [6.07, 6.45) is -0.990. The van der Waals surface area contributed by atoms with Crippen molar-refractivity contribution in [1.29, 1.82) is 0 Å². The Morgan fingerprint density at radius 1 is 1.28 bits per heavy atom. The monoisotopic (exact) mass is 257 g/mol. The molecule has 0 saturated carbocycles. The van der Waals surface area contributed by atoms with Crippen molar-refractivity contribution < 1.29 is 28.7 Å². The number of likely N-dealkylation sites (tertiary alicyclic amines) is 1. The van der Waals surface area contributed by atoms with Gasteiger partial charge in [0.1, 0.15) is 6.10 Å². The van der Waals surface area contributed by atoms with Crippen LogP contribution in [0.3, 0.4) is 0 Å². The number of amides is 3. The molecular weight excluding hydrogens is 242 g/mol. The third-order valence-electron chi connectivity index (χ3n) is 2.53. The van der Waals surface area contributed by atoms with Gasteiger partial charge in [0.05, 0.1) is 7.11 Å². The van der Waals surface area contributed by atoms with Crippen LogP contribution in [0.25, 0.3) is 0 Å². The summed E-state index contributed by atoms with van der Waals surface area (Å²) in [6.45, 7) is 1.60. The first-order valence-corrected chi connectivity index (χ1v) is 5.59. The van der Waals surface area contributed by atoms with Crippen LogP contribution in [-0.2, 0) is 23.9 Å². The molecule has 0 N–H and O–H groups in total. The van der Waals surface area contributed by atoms with E-state index in [0.717, 1.165) is 0 Å². The molecule has 0 aromatic carbocycles. The standard InChI is InChI=1S/C11H15NO6/c1-7(18-11(16)17-2)3-4-8(13)12-9(14)5-6-10(12)15/h7H,3-6H2,1-2H3. The number of methoxy groups -OCH3 is 1. The van der Waals surface area contributed by atoms with Gasteiger partial charge in [-0.3, -0.25) is 14.4 Å². The number of hydrogen-bond acceptors (Lipinski definition) is 6. The summed E-state index contributed by atoms with van der Waals surface area (Å²) in [6, 6.07) is 0. The van der Waals surface area contributed by atoms with Crippen LogP contribution in [0.4, 0.5) is 4.79 Å². The molecule has 1 atom stereocenters. The van der Waals surface area contributed by atoms with E-state index in [9.17, 15) is 19.2 Å². The number of hydrogen-bond donors (Lipinski definition) is 0. The molecule has 1 aliphatic heterocycles. The van der Waals surface area contributed by atoms with E-state index in [0.29, 0.717) is 4.90 Å². The molecule has 1 heterocycles. The maximum absolute atomic E-state index is 11.6. The molecule has 0 aromatic rings. The van der Waals surface area contributed by atoms with Gasteiger partial charge in [0.25, 0.3) is 0 Å². The zero-order valence-electron chi connectivity index (χ0n) is 10.3. The van der Waals surface area contributed by atoms with Crippen LogP contribution in [0.15, 0.2) is 0 Å². The lowest BCUT2D eigenvalue weighted by atomic mass is 10.2. The molecule has 7 heteroatoms. The van der Waals surface area contributed by atoms with Crippen molar-refractivity contribution in [2.45, 2.75) is 38.7 Å². The van der Waals surface area contributed by atoms with Crippen LogP contribution in [0.1, 0.15) is 32.6 Å². The summed E-state index contributed by atoms with van der Waals surface area (Å²) in [5, 5.41) is 0. The fourth-order valence-electron chi connectivity index (χ4n) is 1.56. The van der Waals surface area contributed by atoms with Gasteiger partial charge in [0.15, 0.2) is 0 Å². The van der Waals surface area contributed by atoms with E-state index < -0.39 is 30.0 Å². The molecule has 0 spiro atoms. The normalized spacial score (nSPS) is 16.7. The number of carbonyl (C=O) groups is 4. The largest absolute Gasteiger partial charge is 0.508 e. The van der Waals surface area contributed by atoms with E-state index in [1.54, 1.807) is 6.92 Å². The summed E-state index contributed by atoms with van der Waals surface area (Å²) in [5.74, 6) is -1.49. The zero-order chi connectivity index (χ0) is 13.7. The lowest BCUT2D eigenvalue weighted by Gasteiger charge is -2.14. The zero-order valence-corrected chi connectivity index (χ0v) is 10.3. The van der Waals surface area contributed by atoms with Gasteiger partial charge in [-0.25, -0.2) is 9.69 Å². The highest BCUT2D eigenvalue weighted by atomic mass is 16.7. The third kappa shape index (κ3) is 3.54. The Balaban J connectivity index is 2.39. The summed E-state index contributed by atoms with van der Waals surface area (Å²) in [7, 11) is 1.18. The summed E-state index contributed by atoms with van der Waals surface area (Å²) in [5.41, 5.74) is 0. The second-order valence-corrected chi connectivity index (χ2v) is 3.94. The van der Waals surface area contributed by atoms with E-state index >= 15 is 0 Å². The molecule has 0 radical (unpaired) electrons. The van der Waals surface area contributed by atoms with Crippen LogP contribution < -0.4 is 0 Å². The van der Waals surface area contributed by atoms with E-state index in [1.165, 1.54) is 7.11 Å². The van der Waals surface area contributed by atoms with E-state index in [2.05, 4.69) is 4.74 Å². The van der Waals surface area contributed by atoms with Crippen molar-refractivity contribution in [3.63, 3.8) is 0 Å². The van der Waals surface area contributed by atoms with Crippen LogP contribution in [0.2, 0.25) is 0 Å². The highest BCUT2D eigenvalue weighted by Gasteiger charge is 2.34. The predicted molar refractivity (Wildman–Crippen MR) is 58.3 cm³/mol. The van der Waals surface area contributed by atoms with Crippen molar-refractivity contribution in [3.8, 4) is 0 Å². The number of nitrogens with zero attached hydrogens (tertiary/aromatic N) is 1. The van der Waals surface area contributed by atoms with Gasteiger partial charge in [0, 0.05) is 19.3 Å². The Kier molecular flexibility index (Phi) is 4.82. The molecule has 7 nitrogen and oxygen atoms in total. The summed E-state index contributed by atoms with van der Waals surface area (Å²) >= 11 is 0. The highest BCUT2D eigenvalue weighted by Crippen LogP contribution is 2.14. The quantitative estimate of drug-likeness (QED) is 0.541. The maximum atomic E-state index is 11.6. The minimum Gasteiger partial charge on any atom is -0.438 e. The SMILES string of the molecule is COC(=O)OC(C)CCC(=O)N1C(=O)CCC1=O. The van der Waals surface area contributed by atoms with Gasteiger partial charge in [-0.05, 0) is 13.3 Å². The average molecular weight is 257 g/mol. The van der Waals surface area contributed by atoms with E-state index in [1.807, 2.05) is 0 Å². The van der Waals surface area contributed by atoms with Crippen molar-refractivity contribution in [2.24, 2.45) is 0 Å². The Hall–Kier alpha value is -1.92. The Bertz CT molecular complexity index is 362. The van der Waals surface area contributed by atoms with Gasteiger partial charge in [-0.15, -0.1) is 0 Å². The fraction of sp³-hybridized carbons (Fsp3) is 0.636. The van der Waals surface area contributed by atoms with Crippen LogP contribution in [-0.4, -0.2) is 42.0 Å². The predicted octanol–water partition coefficient (Wildman–Crippen LogP) is 0.614. The molecule has 1 rings (SSSR count). The first kappa shape index (κ1) is 14.1. The Labute approximate surface area is 104 Å². The smallest absolute Gasteiger partial charge is 0.438 e. The van der Waals surface area contributed by atoms with Gasteiger partial charge >= 0.3 is 6.16 Å². The Morgan fingerprint density at radius 3 is 2.33 bits per heavy atom. The molecule has 0 aromatic heterocycles. The molecule has 1 aliphatic rings. The third-order valence-corrected chi connectivity index (χ3v) is 2.53. The molecule has 100 valence electrons. The van der Waals surface area contributed by atoms with Crippen molar-refractivity contribution in [1.82, 2.24) is 4.90 Å². The highest BCUT2D eigenvalue weighted by molar-refractivity contribution is 6.14. The molecule has 1 unspecified atom stereocenters. The number of imide groups is 3. The average Bonchev–Trinajstić information content (AvgIpc) is 2.66. The topological polar surface area (TPSA) is 90.0 Å². The second kappa shape index (κ2) is 6.13. The summed E-state index contributed by atoms with van der Waals surface area (Å²) < 4.78 is 9.06. The van der Waals surface area contributed by atoms with E-state index in [4.69, 9.17) is 4.74 Å². The fourth-order valence-corrected chi connectivity index (χ4v) is 1.56. The maximum Gasteiger partial charge on any atom is 0.508 e. The first-order chi connectivity index (χ1) is 8.45. The lowest BCUT2D eigenvalue weighted by molar-refractivity contribution is -0.149. The van der Waals surface area contributed by atoms with Gasteiger partial charge < -0.3 is 9.47 Å². The van der Waals surface area contributed by atoms with Crippen LogP contribution in [0, 0.1) is 0 Å².